The van der Waals surface area contributed by atoms with E-state index < -0.39 is 54.3 Å². The second-order valence-electron chi connectivity index (χ2n) is 19.4. The van der Waals surface area contributed by atoms with Crippen LogP contribution in [0.3, 0.4) is 0 Å². The standard InChI is InChI=1S/C51H83N9O12S3/c1-8-13-44(65)72-31-60(50(69)45(33(5)9-2)56-48(68)40-15-10-11-21-59(40)7)41(32(3)4)28-42(63)49-54-37(30-73-49)29-53-36(27-35-16-18-38(62)19-17-35)26-34(6)47(67)57-58-51(70)71-23-25-75-74-24-20-43(64)55-39(46(52)66)14-12-22-61/h16-19,22,30,32-34,36,39-42,45-46,53,62-63,66H,8-15,20-21,23-29,31,52H2,1-7H3,(H,55,64)(H,56,68)(H,57,67)(H,58,70)/t33?,34-,36+,39-,40+,41+,42+,45-,46?/m0/s1. The fourth-order valence-corrected chi connectivity index (χ4v) is 11.0. The minimum atomic E-state index is -1.28. The smallest absolute Gasteiger partial charge is 0.426 e. The summed E-state index contributed by atoms with van der Waals surface area (Å²) in [4.78, 5) is 97.8. The Morgan fingerprint density at radius 2 is 1.69 bits per heavy atom. The van der Waals surface area contributed by atoms with Gasteiger partial charge in [-0.25, -0.2) is 15.2 Å². The fourth-order valence-electron chi connectivity index (χ4n) is 8.39. The summed E-state index contributed by atoms with van der Waals surface area (Å²) >= 11 is 1.26. The molecule has 75 heavy (non-hydrogen) atoms. The fraction of sp³-hybridized carbons (Fsp3) is 0.686. The number of carbonyl (C=O) groups excluding carboxylic acids is 7. The number of hydrogen-bond acceptors (Lipinski definition) is 19. The van der Waals surface area contributed by atoms with E-state index in [-0.39, 0.29) is 99.4 Å². The van der Waals surface area contributed by atoms with Crippen molar-refractivity contribution in [1.82, 2.24) is 41.6 Å². The second kappa shape index (κ2) is 35.0. The number of aliphatic hydroxyl groups is 2. The minimum absolute atomic E-state index is 0.0350. The number of nitrogens with zero attached hydrogens (tertiary/aromatic N) is 3. The summed E-state index contributed by atoms with van der Waals surface area (Å²) in [6.45, 7) is 12.1. The van der Waals surface area contributed by atoms with Crippen LogP contribution in [-0.2, 0) is 51.2 Å². The monoisotopic (exact) mass is 1110 g/mol. The van der Waals surface area contributed by atoms with Crippen LogP contribution in [0.1, 0.15) is 135 Å². The Kier molecular flexibility index (Phi) is 30.2. The Morgan fingerprint density at radius 1 is 0.973 bits per heavy atom. The first kappa shape index (κ1) is 64.7. The van der Waals surface area contributed by atoms with E-state index in [9.17, 15) is 48.9 Å². The van der Waals surface area contributed by atoms with Gasteiger partial charge in [-0.15, -0.1) is 11.3 Å². The summed E-state index contributed by atoms with van der Waals surface area (Å²) in [7, 11) is 4.69. The number of carbonyl (C=O) groups is 7. The van der Waals surface area contributed by atoms with Crippen LogP contribution in [0.2, 0.25) is 0 Å². The number of ether oxygens (including phenoxy) is 2. The number of nitrogens with one attached hydrogen (secondary N) is 5. The summed E-state index contributed by atoms with van der Waals surface area (Å²) < 4.78 is 10.8. The molecule has 1 aromatic carbocycles. The molecular formula is C51H83N9O12S3. The number of hydrazine groups is 1. The molecule has 10 N–H and O–H groups in total. The van der Waals surface area contributed by atoms with E-state index in [1.807, 2.05) is 51.9 Å². The molecule has 5 amide bonds. The molecule has 0 aliphatic carbocycles. The molecule has 1 fully saturated rings. The van der Waals surface area contributed by atoms with Gasteiger partial charge in [0.2, 0.25) is 23.6 Å². The molecule has 2 unspecified atom stereocenters. The minimum Gasteiger partial charge on any atom is -0.508 e. The summed E-state index contributed by atoms with van der Waals surface area (Å²) in [5, 5.41) is 42.7. The Balaban J connectivity index is 1.62. The lowest BCUT2D eigenvalue weighted by atomic mass is 9.92. The van der Waals surface area contributed by atoms with Gasteiger partial charge in [0.15, 0.2) is 6.73 Å². The number of phenols is 1. The van der Waals surface area contributed by atoms with Crippen LogP contribution in [0.5, 0.6) is 5.75 Å². The lowest BCUT2D eigenvalue weighted by molar-refractivity contribution is -0.159. The van der Waals surface area contributed by atoms with Crippen LogP contribution in [0, 0.1) is 17.8 Å². The number of aliphatic hydroxyl groups excluding tert-OH is 2. The van der Waals surface area contributed by atoms with Gasteiger partial charge in [-0.05, 0) is 81.6 Å². The molecule has 0 bridgehead atoms. The van der Waals surface area contributed by atoms with Crippen molar-refractivity contribution in [1.29, 1.82) is 0 Å². The van der Waals surface area contributed by atoms with Gasteiger partial charge in [-0.2, -0.15) is 0 Å². The predicted molar refractivity (Wildman–Crippen MR) is 290 cm³/mol. The molecule has 1 aromatic heterocycles. The van der Waals surface area contributed by atoms with Gasteiger partial charge in [0.25, 0.3) is 0 Å². The van der Waals surface area contributed by atoms with Gasteiger partial charge in [-0.1, -0.05) is 88.1 Å². The van der Waals surface area contributed by atoms with Crippen LogP contribution in [0.4, 0.5) is 4.79 Å². The Hall–Kier alpha value is -4.56. The topological polar surface area (TPSA) is 304 Å². The highest BCUT2D eigenvalue weighted by atomic mass is 33.1. The normalized spacial score (nSPS) is 17.0. The first-order valence-corrected chi connectivity index (χ1v) is 29.4. The molecule has 2 aromatic rings. The van der Waals surface area contributed by atoms with E-state index in [4.69, 9.17) is 20.2 Å². The number of amides is 5. The van der Waals surface area contributed by atoms with Crippen LogP contribution in [-0.4, -0.2) is 147 Å². The third-order valence-corrected chi connectivity index (χ3v) is 16.4. The maximum absolute atomic E-state index is 14.7. The quantitative estimate of drug-likeness (QED) is 0.0117. The highest BCUT2D eigenvalue weighted by molar-refractivity contribution is 8.76. The van der Waals surface area contributed by atoms with Crippen LogP contribution < -0.4 is 32.5 Å². The summed E-state index contributed by atoms with van der Waals surface area (Å²) in [5.41, 5.74) is 11.7. The number of likely N-dealkylation sites (N-methyl/N-ethyl adjacent to an activating group) is 1. The lowest BCUT2D eigenvalue weighted by Crippen LogP contribution is -2.59. The molecule has 24 heteroatoms. The number of rotatable bonds is 34. The number of piperidine rings is 1. The van der Waals surface area contributed by atoms with Gasteiger partial charge >= 0.3 is 12.1 Å². The molecule has 0 spiro atoms. The highest BCUT2D eigenvalue weighted by Crippen LogP contribution is 2.29. The van der Waals surface area contributed by atoms with E-state index in [2.05, 4.69) is 26.8 Å². The summed E-state index contributed by atoms with van der Waals surface area (Å²) in [6, 6.07) is 3.89. The van der Waals surface area contributed by atoms with E-state index in [0.29, 0.717) is 60.6 Å². The van der Waals surface area contributed by atoms with E-state index >= 15 is 0 Å². The SMILES string of the molecule is CCCC(=O)OCN(C(=O)[C@@H](NC(=O)[C@H]1CCCCN1C)C(C)CC)[C@H](C[C@@H](O)c1nc(CN[C@@H](Cc2ccc(O)cc2)C[C@H](C)C(=O)NNC(=O)OCCSSCCC(=O)N[C@@H](CCC=O)C(N)O)cs1)C(C)C. The number of aromatic hydroxyl groups is 1. The lowest BCUT2D eigenvalue weighted by Gasteiger charge is -2.39. The number of aromatic nitrogens is 1. The van der Waals surface area contributed by atoms with Crippen molar-refractivity contribution in [3.05, 3.63) is 45.9 Å². The van der Waals surface area contributed by atoms with Crippen LogP contribution in [0.15, 0.2) is 29.6 Å². The zero-order chi connectivity index (χ0) is 55.5. The summed E-state index contributed by atoms with van der Waals surface area (Å²) in [5.74, 6) is -1.88. The van der Waals surface area contributed by atoms with E-state index in [1.54, 1.807) is 31.2 Å². The van der Waals surface area contributed by atoms with Crippen molar-refractivity contribution >= 4 is 74.9 Å². The van der Waals surface area contributed by atoms with E-state index in [1.165, 1.54) is 37.8 Å². The van der Waals surface area contributed by atoms with Crippen molar-refractivity contribution in [3.8, 4) is 5.75 Å². The third kappa shape index (κ3) is 23.7. The average Bonchev–Trinajstić information content (AvgIpc) is 3.86. The molecular weight excluding hydrogens is 1030 g/mol. The van der Waals surface area contributed by atoms with E-state index in [0.717, 1.165) is 24.9 Å². The van der Waals surface area contributed by atoms with Crippen molar-refractivity contribution in [2.45, 2.75) is 168 Å². The maximum atomic E-state index is 14.7. The Labute approximate surface area is 454 Å². The second-order valence-corrected chi connectivity index (χ2v) is 23.0. The van der Waals surface area contributed by atoms with Gasteiger partial charge < -0.3 is 56.2 Å². The van der Waals surface area contributed by atoms with Crippen molar-refractivity contribution in [2.75, 3.05) is 38.4 Å². The molecule has 3 rings (SSSR count). The number of benzene rings is 1. The molecule has 1 saturated heterocycles. The van der Waals surface area contributed by atoms with Gasteiger partial charge in [-0.3, -0.25) is 34.3 Å². The predicted octanol–water partition coefficient (Wildman–Crippen LogP) is 4.44. The third-order valence-electron chi connectivity index (χ3n) is 13.1. The molecule has 0 radical (unpaired) electrons. The zero-order valence-corrected chi connectivity index (χ0v) is 47.1. The van der Waals surface area contributed by atoms with Crippen molar-refractivity contribution in [2.24, 2.45) is 23.5 Å². The number of phenolic OH excluding ortho intramolecular Hbond substituents is 1. The number of aldehydes is 1. The van der Waals surface area contributed by atoms with Crippen molar-refractivity contribution in [3.63, 3.8) is 0 Å². The number of nitrogens with two attached hydrogens (primary N) is 1. The average molecular weight is 1110 g/mol. The maximum Gasteiger partial charge on any atom is 0.426 e. The number of esters is 1. The zero-order valence-electron chi connectivity index (χ0n) is 44.6. The summed E-state index contributed by atoms with van der Waals surface area (Å²) in [6.07, 6.45) is 2.85. The first-order chi connectivity index (χ1) is 35.8. The first-order valence-electron chi connectivity index (χ1n) is 26.0. The van der Waals surface area contributed by atoms with Crippen LogP contribution in [0.25, 0.3) is 0 Å². The number of thiazole rings is 1. The molecule has 1 aliphatic rings. The molecule has 2 heterocycles. The molecule has 1 aliphatic heterocycles. The Morgan fingerprint density at radius 3 is 2.35 bits per heavy atom. The van der Waals surface area contributed by atoms with Gasteiger partial charge in [0, 0.05) is 67.1 Å². The molecule has 422 valence electrons. The molecule has 21 nitrogen and oxygen atoms in total. The largest absolute Gasteiger partial charge is 0.508 e. The Bertz CT molecular complexity index is 2070. The van der Waals surface area contributed by atoms with Crippen molar-refractivity contribution < 1.29 is 58.4 Å². The number of hydrogen-bond donors (Lipinski definition) is 9. The van der Waals surface area contributed by atoms with Crippen LogP contribution >= 0.6 is 32.9 Å². The molecule has 0 saturated carbocycles. The molecule has 9 atom stereocenters. The van der Waals surface area contributed by atoms with Gasteiger partial charge in [0.05, 0.1) is 17.8 Å². The highest BCUT2D eigenvalue weighted by Gasteiger charge is 2.38. The number of likely N-dealkylation sites (tertiary alicyclic amines) is 1. The van der Waals surface area contributed by atoms with Gasteiger partial charge in [0.1, 0.15) is 42.0 Å².